The monoisotopic (exact) mass is 397 g/mol. The number of carbonyl (C=O) groups is 2. The maximum absolute atomic E-state index is 13.0. The van der Waals surface area contributed by atoms with Gasteiger partial charge in [0.1, 0.15) is 0 Å². The minimum atomic E-state index is -0.327. The van der Waals surface area contributed by atoms with E-state index in [1.807, 2.05) is 4.90 Å². The first-order chi connectivity index (χ1) is 14.1. The van der Waals surface area contributed by atoms with E-state index in [4.69, 9.17) is 4.74 Å². The summed E-state index contributed by atoms with van der Waals surface area (Å²) in [5.74, 6) is 0.585. The van der Waals surface area contributed by atoms with E-state index in [9.17, 15) is 9.59 Å². The molecule has 6 heteroatoms. The number of amides is 2. The van der Waals surface area contributed by atoms with E-state index >= 15 is 0 Å². The number of ether oxygens (including phenoxy) is 1. The summed E-state index contributed by atoms with van der Waals surface area (Å²) in [6, 6.07) is 6.54. The fourth-order valence-corrected chi connectivity index (χ4v) is 5.01. The molecule has 1 aromatic carbocycles. The zero-order chi connectivity index (χ0) is 20.4. The van der Waals surface area contributed by atoms with Crippen LogP contribution < -0.4 is 0 Å². The lowest BCUT2D eigenvalue weighted by Crippen LogP contribution is -2.48. The Bertz CT molecular complexity index is 883. The molecule has 29 heavy (non-hydrogen) atoms. The second kappa shape index (κ2) is 8.47. The highest BCUT2D eigenvalue weighted by Crippen LogP contribution is 2.35. The van der Waals surface area contributed by atoms with Crippen LogP contribution in [0.2, 0.25) is 0 Å². The predicted octanol–water partition coefficient (Wildman–Crippen LogP) is 3.91. The molecular weight excluding hydrogens is 366 g/mol. The van der Waals surface area contributed by atoms with Crippen LogP contribution in [0.25, 0.3) is 10.9 Å². The lowest BCUT2D eigenvalue weighted by Gasteiger charge is -2.37. The third-order valence-corrected chi connectivity index (χ3v) is 6.66. The highest BCUT2D eigenvalue weighted by molar-refractivity contribution is 5.86. The number of H-pyrrole nitrogens is 1. The summed E-state index contributed by atoms with van der Waals surface area (Å²) < 4.78 is 4.83. The fourth-order valence-electron chi connectivity index (χ4n) is 5.01. The van der Waals surface area contributed by atoms with Gasteiger partial charge in [-0.15, -0.1) is 0 Å². The standard InChI is InChI=1S/C23H31N3O3/c1-3-16-6-4-8-19-20(14-24-21(16)19)17-9-12-25(13-10-17)22(27)18-7-5-11-26(15-18)23(28)29-2/h4,6,8,14,17-18,24H,3,5,7,9-13,15H2,1-2H3. The molecule has 2 fully saturated rings. The molecule has 2 aromatic rings. The highest BCUT2D eigenvalue weighted by Gasteiger charge is 2.33. The number of aromatic amines is 1. The van der Waals surface area contributed by atoms with E-state index in [0.717, 1.165) is 45.2 Å². The van der Waals surface area contributed by atoms with Gasteiger partial charge >= 0.3 is 6.09 Å². The molecule has 0 radical (unpaired) electrons. The quantitative estimate of drug-likeness (QED) is 0.854. The van der Waals surface area contributed by atoms with Crippen molar-refractivity contribution in [2.75, 3.05) is 33.3 Å². The molecule has 156 valence electrons. The van der Waals surface area contributed by atoms with Crippen LogP contribution in [-0.2, 0) is 16.0 Å². The van der Waals surface area contributed by atoms with Gasteiger partial charge in [-0.1, -0.05) is 25.1 Å². The van der Waals surface area contributed by atoms with Gasteiger partial charge in [-0.3, -0.25) is 4.79 Å². The molecule has 0 bridgehead atoms. The second-order valence-corrected chi connectivity index (χ2v) is 8.29. The number of rotatable bonds is 3. The van der Waals surface area contributed by atoms with Gasteiger partial charge in [0, 0.05) is 43.3 Å². The first kappa shape index (κ1) is 19.8. The van der Waals surface area contributed by atoms with Crippen molar-refractivity contribution in [1.82, 2.24) is 14.8 Å². The molecule has 2 amide bonds. The number of likely N-dealkylation sites (tertiary alicyclic amines) is 2. The Morgan fingerprint density at radius 2 is 1.93 bits per heavy atom. The Kier molecular flexibility index (Phi) is 5.79. The average Bonchev–Trinajstić information content (AvgIpc) is 3.22. The number of fused-ring (bicyclic) bond motifs is 1. The highest BCUT2D eigenvalue weighted by atomic mass is 16.5. The van der Waals surface area contributed by atoms with Crippen molar-refractivity contribution in [3.05, 3.63) is 35.5 Å². The summed E-state index contributed by atoms with van der Waals surface area (Å²) >= 11 is 0. The topological polar surface area (TPSA) is 65.6 Å². The van der Waals surface area contributed by atoms with Crippen molar-refractivity contribution in [1.29, 1.82) is 0 Å². The molecule has 0 aliphatic carbocycles. The number of nitrogens with zero attached hydrogens (tertiary/aromatic N) is 2. The molecule has 1 aromatic heterocycles. The molecular formula is C23H31N3O3. The number of benzene rings is 1. The number of methoxy groups -OCH3 is 1. The maximum atomic E-state index is 13.0. The van der Waals surface area contributed by atoms with Crippen LogP contribution in [0, 0.1) is 5.92 Å². The van der Waals surface area contributed by atoms with E-state index < -0.39 is 0 Å². The van der Waals surface area contributed by atoms with Crippen molar-refractivity contribution in [2.45, 2.75) is 44.9 Å². The van der Waals surface area contributed by atoms with E-state index in [1.165, 1.54) is 29.1 Å². The zero-order valence-electron chi connectivity index (χ0n) is 17.4. The van der Waals surface area contributed by atoms with Gasteiger partial charge < -0.3 is 19.5 Å². The number of carbonyl (C=O) groups excluding carboxylic acids is 2. The molecule has 1 unspecified atom stereocenters. The number of aromatic nitrogens is 1. The molecule has 6 nitrogen and oxygen atoms in total. The van der Waals surface area contributed by atoms with Crippen LogP contribution in [0.4, 0.5) is 4.79 Å². The van der Waals surface area contributed by atoms with Gasteiger partial charge in [0.25, 0.3) is 0 Å². The van der Waals surface area contributed by atoms with Gasteiger partial charge in [-0.25, -0.2) is 4.79 Å². The Balaban J connectivity index is 1.39. The van der Waals surface area contributed by atoms with Crippen molar-refractivity contribution in [3.63, 3.8) is 0 Å². The van der Waals surface area contributed by atoms with Gasteiger partial charge in [-0.2, -0.15) is 0 Å². The smallest absolute Gasteiger partial charge is 0.409 e. The minimum absolute atomic E-state index is 0.0976. The predicted molar refractivity (Wildman–Crippen MR) is 113 cm³/mol. The van der Waals surface area contributed by atoms with Gasteiger partial charge in [0.05, 0.1) is 13.0 Å². The molecule has 1 N–H and O–H groups in total. The van der Waals surface area contributed by atoms with Crippen molar-refractivity contribution in [2.24, 2.45) is 5.92 Å². The van der Waals surface area contributed by atoms with Crippen LogP contribution in [0.1, 0.15) is 49.7 Å². The average molecular weight is 398 g/mol. The van der Waals surface area contributed by atoms with E-state index in [-0.39, 0.29) is 17.9 Å². The lowest BCUT2D eigenvalue weighted by atomic mass is 9.87. The number of hydrogen-bond donors (Lipinski definition) is 1. The lowest BCUT2D eigenvalue weighted by molar-refractivity contribution is -0.138. The second-order valence-electron chi connectivity index (χ2n) is 8.29. The number of hydrogen-bond acceptors (Lipinski definition) is 3. The van der Waals surface area contributed by atoms with Crippen molar-refractivity contribution >= 4 is 22.9 Å². The molecule has 2 aliphatic rings. The number of aryl methyl sites for hydroxylation is 1. The summed E-state index contributed by atoms with van der Waals surface area (Å²) in [6.45, 7) is 4.93. The third kappa shape index (κ3) is 3.85. The summed E-state index contributed by atoms with van der Waals surface area (Å²) in [7, 11) is 1.40. The van der Waals surface area contributed by atoms with Crippen molar-refractivity contribution in [3.8, 4) is 0 Å². The van der Waals surface area contributed by atoms with Gasteiger partial charge in [-0.05, 0) is 49.1 Å². The van der Waals surface area contributed by atoms with Crippen LogP contribution in [0.5, 0.6) is 0 Å². The Labute approximate surface area is 172 Å². The summed E-state index contributed by atoms with van der Waals surface area (Å²) in [6.07, 6.45) is 6.55. The van der Waals surface area contributed by atoms with E-state index in [2.05, 4.69) is 36.3 Å². The molecule has 2 saturated heterocycles. The zero-order valence-corrected chi connectivity index (χ0v) is 17.4. The molecule has 3 heterocycles. The maximum Gasteiger partial charge on any atom is 0.409 e. The molecule has 1 atom stereocenters. The van der Waals surface area contributed by atoms with Gasteiger partial charge in [0.15, 0.2) is 0 Å². The summed E-state index contributed by atoms with van der Waals surface area (Å²) in [5, 5.41) is 1.33. The minimum Gasteiger partial charge on any atom is -0.453 e. The summed E-state index contributed by atoms with van der Waals surface area (Å²) in [5.41, 5.74) is 4.00. The number of piperidine rings is 2. The first-order valence-corrected chi connectivity index (χ1v) is 10.8. The van der Waals surface area contributed by atoms with Crippen molar-refractivity contribution < 1.29 is 14.3 Å². The molecule has 4 rings (SSSR count). The SMILES string of the molecule is CCc1cccc2c(C3CCN(C(=O)C4CCCN(C(=O)OC)C4)CC3)c[nH]c12. The normalized spacial score (nSPS) is 20.8. The number of para-hydroxylation sites is 1. The first-order valence-electron chi connectivity index (χ1n) is 10.8. The largest absolute Gasteiger partial charge is 0.453 e. The third-order valence-electron chi connectivity index (χ3n) is 6.66. The van der Waals surface area contributed by atoms with E-state index in [0.29, 0.717) is 19.0 Å². The fraction of sp³-hybridized carbons (Fsp3) is 0.565. The molecule has 0 spiro atoms. The Morgan fingerprint density at radius 3 is 2.66 bits per heavy atom. The summed E-state index contributed by atoms with van der Waals surface area (Å²) in [4.78, 5) is 32.0. The molecule has 2 aliphatic heterocycles. The van der Waals surface area contributed by atoms with Crippen LogP contribution in [0.3, 0.4) is 0 Å². The Morgan fingerprint density at radius 1 is 1.14 bits per heavy atom. The van der Waals surface area contributed by atoms with E-state index in [1.54, 1.807) is 4.90 Å². The van der Waals surface area contributed by atoms with Gasteiger partial charge in [0.2, 0.25) is 5.91 Å². The van der Waals surface area contributed by atoms with Crippen LogP contribution in [0.15, 0.2) is 24.4 Å². The molecule has 0 saturated carbocycles. The number of nitrogens with one attached hydrogen (secondary N) is 1. The van der Waals surface area contributed by atoms with Crippen LogP contribution in [-0.4, -0.2) is 60.1 Å². The van der Waals surface area contributed by atoms with Crippen LogP contribution >= 0.6 is 0 Å². The Hall–Kier alpha value is -2.50.